The fraction of sp³-hybridized carbons (Fsp3) is 0.444. The van der Waals surface area contributed by atoms with Crippen molar-refractivity contribution in [3.05, 3.63) is 24.5 Å². The van der Waals surface area contributed by atoms with Gasteiger partial charge in [0.1, 0.15) is 0 Å². The molecule has 0 amide bonds. The van der Waals surface area contributed by atoms with Crippen molar-refractivity contribution in [1.29, 1.82) is 0 Å². The molecule has 0 fully saturated rings. The first-order valence-corrected chi connectivity index (χ1v) is 4.16. The van der Waals surface area contributed by atoms with Crippen LogP contribution < -0.4 is 0 Å². The second-order valence-corrected chi connectivity index (χ2v) is 2.89. The maximum Gasteiger partial charge on any atom is 0.0493 e. The van der Waals surface area contributed by atoms with E-state index in [0.29, 0.717) is 0 Å². The van der Waals surface area contributed by atoms with Gasteiger partial charge in [0.05, 0.1) is 0 Å². The van der Waals surface area contributed by atoms with E-state index >= 15 is 0 Å². The van der Waals surface area contributed by atoms with Crippen LogP contribution in [0.4, 0.5) is 0 Å². The summed E-state index contributed by atoms with van der Waals surface area (Å²) >= 11 is 0. The Morgan fingerprint density at radius 1 is 1.36 bits per heavy atom. The van der Waals surface area contributed by atoms with E-state index in [2.05, 4.69) is 11.2 Å². The predicted molar refractivity (Wildman–Crippen MR) is 45.0 cm³/mol. The third-order valence-electron chi connectivity index (χ3n) is 2.07. The molecule has 0 aliphatic heterocycles. The lowest BCUT2D eigenvalue weighted by Crippen LogP contribution is -2.00. The molecule has 2 nitrogen and oxygen atoms in total. The monoisotopic (exact) mass is 148 g/mol. The Morgan fingerprint density at radius 2 is 2.36 bits per heavy atom. The number of hydrogen-bond acceptors (Lipinski definition) is 1. The molecule has 0 saturated carbocycles. The summed E-state index contributed by atoms with van der Waals surface area (Å²) < 4.78 is 1.97. The summed E-state index contributed by atoms with van der Waals surface area (Å²) in [5.74, 6) is 0. The number of rotatable bonds is 1. The van der Waals surface area contributed by atoms with Crippen LogP contribution in [0.25, 0.3) is 5.70 Å². The molecule has 1 aliphatic carbocycles. The molecule has 11 heavy (non-hydrogen) atoms. The van der Waals surface area contributed by atoms with Gasteiger partial charge in [-0.25, -0.2) is 4.68 Å². The van der Waals surface area contributed by atoms with E-state index in [1.165, 1.54) is 31.4 Å². The number of hydrogen-bond donors (Lipinski definition) is 0. The fourth-order valence-corrected chi connectivity index (χ4v) is 1.47. The standard InChI is InChI=1S/C9H12N2/c1-2-5-9(6-3-1)11-8-4-7-10-11/h4-5,7-8H,1-3,6H2. The maximum atomic E-state index is 4.19. The Morgan fingerprint density at radius 3 is 3.00 bits per heavy atom. The van der Waals surface area contributed by atoms with Crippen molar-refractivity contribution < 1.29 is 0 Å². The predicted octanol–water partition coefficient (Wildman–Crippen LogP) is 2.30. The number of nitrogens with zero attached hydrogens (tertiary/aromatic N) is 2. The first kappa shape index (κ1) is 6.65. The molecule has 0 unspecified atom stereocenters. The highest BCUT2D eigenvalue weighted by Crippen LogP contribution is 2.20. The van der Waals surface area contributed by atoms with Gasteiger partial charge in [-0.1, -0.05) is 6.08 Å². The van der Waals surface area contributed by atoms with Crippen molar-refractivity contribution >= 4 is 5.70 Å². The Bertz CT molecular complexity index is 247. The van der Waals surface area contributed by atoms with E-state index in [1.807, 2.05) is 23.1 Å². The van der Waals surface area contributed by atoms with Crippen LogP contribution in [0.15, 0.2) is 24.5 Å². The molecule has 0 spiro atoms. The number of allylic oxidation sites excluding steroid dienone is 2. The highest BCUT2D eigenvalue weighted by atomic mass is 15.3. The van der Waals surface area contributed by atoms with Gasteiger partial charge in [-0.15, -0.1) is 0 Å². The Labute approximate surface area is 66.5 Å². The summed E-state index contributed by atoms with van der Waals surface area (Å²) in [6, 6.07) is 1.97. The van der Waals surface area contributed by atoms with Crippen LogP contribution in [0.2, 0.25) is 0 Å². The van der Waals surface area contributed by atoms with Crippen molar-refractivity contribution in [2.45, 2.75) is 25.7 Å². The lowest BCUT2D eigenvalue weighted by Gasteiger charge is -2.11. The molecule has 0 bridgehead atoms. The lowest BCUT2D eigenvalue weighted by atomic mass is 10.1. The van der Waals surface area contributed by atoms with E-state index in [0.717, 1.165) is 0 Å². The molecular formula is C9H12N2. The summed E-state index contributed by atoms with van der Waals surface area (Å²) in [5, 5.41) is 4.19. The normalized spacial score (nSPS) is 18.0. The summed E-state index contributed by atoms with van der Waals surface area (Å²) in [5.41, 5.74) is 1.36. The summed E-state index contributed by atoms with van der Waals surface area (Å²) in [4.78, 5) is 0. The zero-order valence-corrected chi connectivity index (χ0v) is 6.53. The van der Waals surface area contributed by atoms with Gasteiger partial charge >= 0.3 is 0 Å². The second-order valence-electron chi connectivity index (χ2n) is 2.89. The van der Waals surface area contributed by atoms with Crippen molar-refractivity contribution in [2.24, 2.45) is 0 Å². The van der Waals surface area contributed by atoms with E-state index in [-0.39, 0.29) is 0 Å². The van der Waals surface area contributed by atoms with Gasteiger partial charge in [0.15, 0.2) is 0 Å². The molecular weight excluding hydrogens is 136 g/mol. The Kier molecular flexibility index (Phi) is 1.76. The zero-order valence-electron chi connectivity index (χ0n) is 6.53. The maximum absolute atomic E-state index is 4.19. The summed E-state index contributed by atoms with van der Waals surface area (Å²) in [6.07, 6.45) is 11.2. The highest BCUT2D eigenvalue weighted by molar-refractivity contribution is 5.44. The summed E-state index contributed by atoms with van der Waals surface area (Å²) in [7, 11) is 0. The SMILES string of the molecule is C1=C(n2cccn2)CCCC1. The van der Waals surface area contributed by atoms with Crippen LogP contribution in [0.1, 0.15) is 25.7 Å². The molecule has 0 atom stereocenters. The zero-order chi connectivity index (χ0) is 7.52. The van der Waals surface area contributed by atoms with Gasteiger partial charge in [0, 0.05) is 18.1 Å². The van der Waals surface area contributed by atoms with Crippen LogP contribution in [-0.2, 0) is 0 Å². The lowest BCUT2D eigenvalue weighted by molar-refractivity contribution is 0.698. The van der Waals surface area contributed by atoms with Crippen molar-refractivity contribution in [2.75, 3.05) is 0 Å². The Hall–Kier alpha value is -1.05. The molecule has 1 heterocycles. The molecule has 2 rings (SSSR count). The van der Waals surface area contributed by atoms with Crippen molar-refractivity contribution in [3.63, 3.8) is 0 Å². The molecule has 1 aromatic rings. The third-order valence-corrected chi connectivity index (χ3v) is 2.07. The van der Waals surface area contributed by atoms with Gasteiger partial charge in [-0.05, 0) is 31.7 Å². The smallest absolute Gasteiger partial charge is 0.0493 e. The van der Waals surface area contributed by atoms with Gasteiger partial charge in [-0.2, -0.15) is 5.10 Å². The van der Waals surface area contributed by atoms with Crippen LogP contribution in [0.3, 0.4) is 0 Å². The first-order valence-electron chi connectivity index (χ1n) is 4.16. The first-order chi connectivity index (χ1) is 5.47. The number of aromatic nitrogens is 2. The van der Waals surface area contributed by atoms with Gasteiger partial charge in [0.2, 0.25) is 0 Å². The minimum atomic E-state index is 1.18. The minimum absolute atomic E-state index is 1.18. The molecule has 0 N–H and O–H groups in total. The molecule has 1 aliphatic rings. The second kappa shape index (κ2) is 2.91. The highest BCUT2D eigenvalue weighted by Gasteiger charge is 2.04. The molecule has 0 aromatic carbocycles. The van der Waals surface area contributed by atoms with Crippen LogP contribution in [-0.4, -0.2) is 9.78 Å². The molecule has 0 radical (unpaired) electrons. The van der Waals surface area contributed by atoms with E-state index in [1.54, 1.807) is 0 Å². The molecule has 0 saturated heterocycles. The average Bonchev–Trinajstić information content (AvgIpc) is 2.58. The van der Waals surface area contributed by atoms with E-state index in [9.17, 15) is 0 Å². The van der Waals surface area contributed by atoms with Crippen LogP contribution in [0.5, 0.6) is 0 Å². The average molecular weight is 148 g/mol. The van der Waals surface area contributed by atoms with Crippen molar-refractivity contribution in [1.82, 2.24) is 9.78 Å². The summed E-state index contributed by atoms with van der Waals surface area (Å²) in [6.45, 7) is 0. The van der Waals surface area contributed by atoms with Crippen LogP contribution in [0, 0.1) is 0 Å². The van der Waals surface area contributed by atoms with E-state index < -0.39 is 0 Å². The minimum Gasteiger partial charge on any atom is -0.245 e. The van der Waals surface area contributed by atoms with Gasteiger partial charge in [-0.3, -0.25) is 0 Å². The third kappa shape index (κ3) is 1.34. The fourth-order valence-electron chi connectivity index (χ4n) is 1.47. The largest absolute Gasteiger partial charge is 0.245 e. The molecule has 58 valence electrons. The van der Waals surface area contributed by atoms with Crippen LogP contribution >= 0.6 is 0 Å². The molecule has 1 aromatic heterocycles. The van der Waals surface area contributed by atoms with Gasteiger partial charge in [0.25, 0.3) is 0 Å². The van der Waals surface area contributed by atoms with E-state index in [4.69, 9.17) is 0 Å². The topological polar surface area (TPSA) is 17.8 Å². The quantitative estimate of drug-likeness (QED) is 0.597. The van der Waals surface area contributed by atoms with Crippen molar-refractivity contribution in [3.8, 4) is 0 Å². The van der Waals surface area contributed by atoms with Gasteiger partial charge < -0.3 is 0 Å². The molecule has 2 heteroatoms. The Balaban J connectivity index is 2.22.